The summed E-state index contributed by atoms with van der Waals surface area (Å²) in [6, 6.07) is 7.34. The smallest absolute Gasteiger partial charge is 0.291 e. The molecule has 0 bridgehead atoms. The van der Waals surface area contributed by atoms with Gasteiger partial charge in [-0.05, 0) is 17.7 Å². The molecular formula is C17H19N3O4. The molecule has 7 heteroatoms. The van der Waals surface area contributed by atoms with E-state index < -0.39 is 0 Å². The van der Waals surface area contributed by atoms with Gasteiger partial charge in [0.1, 0.15) is 5.75 Å². The Morgan fingerprint density at radius 3 is 2.58 bits per heavy atom. The molecule has 1 aromatic carbocycles. The number of hydrogen-bond acceptors (Lipinski definition) is 5. The summed E-state index contributed by atoms with van der Waals surface area (Å²) in [5.74, 6) is 0.732. The van der Waals surface area contributed by atoms with Crippen LogP contribution in [0.5, 0.6) is 5.75 Å². The predicted octanol–water partition coefficient (Wildman–Crippen LogP) is 1.73. The first kappa shape index (κ1) is 16.0. The Kier molecular flexibility index (Phi) is 4.50. The quantitative estimate of drug-likeness (QED) is 0.857. The average molecular weight is 329 g/mol. The van der Waals surface area contributed by atoms with Crippen molar-refractivity contribution in [3.63, 3.8) is 0 Å². The Balaban J connectivity index is 1.84. The highest BCUT2D eigenvalue weighted by Crippen LogP contribution is 2.28. The molecule has 1 aliphatic rings. The molecule has 3 rings (SSSR count). The molecule has 1 unspecified atom stereocenters. The standard InChI is InChI=1S/C17H19N3O4/c1-12(21)20-8-7-19(17(22)16-9-18-11-24-16)10-15(20)13-3-5-14(23-2)6-4-13/h3-6,9,11,15H,7-8,10H2,1-2H3. The molecule has 1 aromatic heterocycles. The van der Waals surface area contributed by atoms with Gasteiger partial charge in [0, 0.05) is 26.6 Å². The van der Waals surface area contributed by atoms with E-state index in [1.165, 1.54) is 12.6 Å². The van der Waals surface area contributed by atoms with Gasteiger partial charge in [0.25, 0.3) is 5.91 Å². The minimum atomic E-state index is -0.214. The highest BCUT2D eigenvalue weighted by atomic mass is 16.5. The Labute approximate surface area is 139 Å². The topological polar surface area (TPSA) is 75.9 Å². The van der Waals surface area contributed by atoms with Crippen LogP contribution in [0.2, 0.25) is 0 Å². The first-order valence-corrected chi connectivity index (χ1v) is 7.69. The van der Waals surface area contributed by atoms with Crippen LogP contribution in [0.15, 0.2) is 41.3 Å². The van der Waals surface area contributed by atoms with Gasteiger partial charge >= 0.3 is 0 Å². The van der Waals surface area contributed by atoms with Gasteiger partial charge in [-0.15, -0.1) is 0 Å². The number of oxazole rings is 1. The van der Waals surface area contributed by atoms with Crippen molar-refractivity contribution in [2.75, 3.05) is 26.7 Å². The number of methoxy groups -OCH3 is 1. The average Bonchev–Trinajstić information content (AvgIpc) is 3.15. The van der Waals surface area contributed by atoms with Crippen LogP contribution in [0.3, 0.4) is 0 Å². The van der Waals surface area contributed by atoms with Crippen molar-refractivity contribution in [1.29, 1.82) is 0 Å². The van der Waals surface area contributed by atoms with Crippen LogP contribution in [0.1, 0.15) is 29.1 Å². The van der Waals surface area contributed by atoms with E-state index in [2.05, 4.69) is 4.98 Å². The third-order valence-corrected chi connectivity index (χ3v) is 4.22. The molecule has 0 radical (unpaired) electrons. The fourth-order valence-electron chi connectivity index (χ4n) is 2.93. The summed E-state index contributed by atoms with van der Waals surface area (Å²) in [6.07, 6.45) is 2.64. The molecule has 2 aromatic rings. The Morgan fingerprint density at radius 2 is 2.00 bits per heavy atom. The van der Waals surface area contributed by atoms with Gasteiger partial charge in [0.15, 0.2) is 6.39 Å². The minimum absolute atomic E-state index is 0.0115. The van der Waals surface area contributed by atoms with Crippen LogP contribution in [0.25, 0.3) is 0 Å². The lowest BCUT2D eigenvalue weighted by Crippen LogP contribution is -2.51. The van der Waals surface area contributed by atoms with Gasteiger partial charge in [0.05, 0.1) is 19.3 Å². The lowest BCUT2D eigenvalue weighted by Gasteiger charge is -2.41. The minimum Gasteiger partial charge on any atom is -0.497 e. The third-order valence-electron chi connectivity index (χ3n) is 4.22. The van der Waals surface area contributed by atoms with Gasteiger partial charge in [-0.25, -0.2) is 4.98 Å². The van der Waals surface area contributed by atoms with Crippen LogP contribution in [0, 0.1) is 0 Å². The molecule has 126 valence electrons. The maximum atomic E-state index is 12.5. The van der Waals surface area contributed by atoms with E-state index >= 15 is 0 Å². The van der Waals surface area contributed by atoms with E-state index in [1.807, 2.05) is 24.3 Å². The fourth-order valence-corrected chi connectivity index (χ4v) is 2.93. The van der Waals surface area contributed by atoms with Gasteiger partial charge in [0.2, 0.25) is 11.7 Å². The zero-order valence-electron chi connectivity index (χ0n) is 13.6. The van der Waals surface area contributed by atoms with Gasteiger partial charge < -0.3 is 19.0 Å². The molecule has 0 N–H and O–H groups in total. The summed E-state index contributed by atoms with van der Waals surface area (Å²) >= 11 is 0. The number of carbonyl (C=O) groups is 2. The molecule has 1 fully saturated rings. The zero-order chi connectivity index (χ0) is 17.1. The summed E-state index contributed by atoms with van der Waals surface area (Å²) in [5.41, 5.74) is 0.959. The highest BCUT2D eigenvalue weighted by Gasteiger charge is 2.33. The second-order valence-electron chi connectivity index (χ2n) is 5.62. The first-order valence-electron chi connectivity index (χ1n) is 7.69. The highest BCUT2D eigenvalue weighted by molar-refractivity contribution is 5.91. The first-order chi connectivity index (χ1) is 11.6. The molecule has 1 saturated heterocycles. The lowest BCUT2D eigenvalue weighted by atomic mass is 10.0. The number of piperazine rings is 1. The Morgan fingerprint density at radius 1 is 1.25 bits per heavy atom. The Hall–Kier alpha value is -2.83. The van der Waals surface area contributed by atoms with Gasteiger partial charge in [-0.1, -0.05) is 12.1 Å². The number of ether oxygens (including phenoxy) is 1. The van der Waals surface area contributed by atoms with Crippen LogP contribution >= 0.6 is 0 Å². The van der Waals surface area contributed by atoms with Crippen molar-refractivity contribution >= 4 is 11.8 Å². The molecule has 0 spiro atoms. The number of amides is 2. The van der Waals surface area contributed by atoms with E-state index in [1.54, 1.807) is 23.8 Å². The molecule has 7 nitrogen and oxygen atoms in total. The van der Waals surface area contributed by atoms with Crippen molar-refractivity contribution < 1.29 is 18.7 Å². The summed E-state index contributed by atoms with van der Waals surface area (Å²) in [6.45, 7) is 2.90. The molecule has 1 atom stereocenters. The van der Waals surface area contributed by atoms with Gasteiger partial charge in [-0.3, -0.25) is 9.59 Å². The SMILES string of the molecule is COc1ccc(C2CN(C(=O)c3cnco3)CCN2C(C)=O)cc1. The number of rotatable bonds is 3. The monoisotopic (exact) mass is 329 g/mol. The number of carbonyl (C=O) groups excluding carboxylic acids is 2. The predicted molar refractivity (Wildman–Crippen MR) is 85.5 cm³/mol. The fraction of sp³-hybridized carbons (Fsp3) is 0.353. The number of aromatic nitrogens is 1. The molecule has 0 aliphatic carbocycles. The molecule has 2 heterocycles. The van der Waals surface area contributed by atoms with E-state index in [0.717, 1.165) is 11.3 Å². The van der Waals surface area contributed by atoms with Crippen LogP contribution in [-0.2, 0) is 4.79 Å². The van der Waals surface area contributed by atoms with Crippen LogP contribution in [0.4, 0.5) is 0 Å². The molecule has 2 amide bonds. The summed E-state index contributed by atoms with van der Waals surface area (Å²) in [4.78, 5) is 31.7. The van der Waals surface area contributed by atoms with E-state index in [0.29, 0.717) is 19.6 Å². The number of nitrogens with zero attached hydrogens (tertiary/aromatic N) is 3. The molecule has 1 aliphatic heterocycles. The largest absolute Gasteiger partial charge is 0.497 e. The maximum Gasteiger partial charge on any atom is 0.291 e. The summed E-state index contributed by atoms with van der Waals surface area (Å²) in [5, 5.41) is 0. The van der Waals surface area contributed by atoms with Gasteiger partial charge in [-0.2, -0.15) is 0 Å². The lowest BCUT2D eigenvalue weighted by molar-refractivity contribution is -0.133. The maximum absolute atomic E-state index is 12.5. The second kappa shape index (κ2) is 6.74. The summed E-state index contributed by atoms with van der Waals surface area (Å²) in [7, 11) is 1.61. The van der Waals surface area contributed by atoms with Crippen LogP contribution in [-0.4, -0.2) is 53.3 Å². The molecule has 0 saturated carbocycles. The summed E-state index contributed by atoms with van der Waals surface area (Å²) < 4.78 is 10.3. The van der Waals surface area contributed by atoms with Crippen molar-refractivity contribution in [2.24, 2.45) is 0 Å². The van der Waals surface area contributed by atoms with Crippen molar-refractivity contribution in [3.8, 4) is 5.75 Å². The third kappa shape index (κ3) is 3.10. The van der Waals surface area contributed by atoms with E-state index in [9.17, 15) is 9.59 Å². The Bertz CT molecular complexity index is 712. The van der Waals surface area contributed by atoms with Crippen molar-refractivity contribution in [1.82, 2.24) is 14.8 Å². The second-order valence-corrected chi connectivity index (χ2v) is 5.62. The molecular weight excluding hydrogens is 310 g/mol. The normalized spacial score (nSPS) is 17.7. The number of benzene rings is 1. The van der Waals surface area contributed by atoms with Crippen LogP contribution < -0.4 is 4.74 Å². The van der Waals surface area contributed by atoms with Crippen molar-refractivity contribution in [2.45, 2.75) is 13.0 Å². The van der Waals surface area contributed by atoms with E-state index in [-0.39, 0.29) is 23.6 Å². The zero-order valence-corrected chi connectivity index (χ0v) is 13.6. The molecule has 24 heavy (non-hydrogen) atoms. The van der Waals surface area contributed by atoms with Crippen molar-refractivity contribution in [3.05, 3.63) is 48.2 Å². The number of hydrogen-bond donors (Lipinski definition) is 0. The van der Waals surface area contributed by atoms with E-state index in [4.69, 9.17) is 9.15 Å².